The zero-order valence-corrected chi connectivity index (χ0v) is 20.6. The predicted molar refractivity (Wildman–Crippen MR) is 128 cm³/mol. The van der Waals surface area contributed by atoms with Crippen molar-refractivity contribution < 1.29 is 23.9 Å². The van der Waals surface area contributed by atoms with Gasteiger partial charge in [0.1, 0.15) is 24.0 Å². The van der Waals surface area contributed by atoms with E-state index in [4.69, 9.17) is 4.74 Å². The van der Waals surface area contributed by atoms with Crippen LogP contribution in [0.15, 0.2) is 30.3 Å². The zero-order chi connectivity index (χ0) is 25.0. The summed E-state index contributed by atoms with van der Waals surface area (Å²) in [4.78, 5) is 49.7. The van der Waals surface area contributed by atoms with Crippen LogP contribution in [0.25, 0.3) is 0 Å². The van der Waals surface area contributed by atoms with Crippen molar-refractivity contribution in [3.8, 4) is 0 Å². The van der Waals surface area contributed by atoms with Gasteiger partial charge in [-0.1, -0.05) is 57.5 Å². The molecule has 8 nitrogen and oxygen atoms in total. The summed E-state index contributed by atoms with van der Waals surface area (Å²) in [6.07, 6.45) is 1.87. The number of amides is 3. The molecule has 1 rings (SSSR count). The van der Waals surface area contributed by atoms with Gasteiger partial charge < -0.3 is 25.5 Å². The van der Waals surface area contributed by atoms with Crippen molar-refractivity contribution >= 4 is 24.2 Å². The molecule has 0 radical (unpaired) electrons. The summed E-state index contributed by atoms with van der Waals surface area (Å²) in [5, 5.41) is 8.11. The Bertz CT molecular complexity index is 774. The molecule has 1 aromatic rings. The van der Waals surface area contributed by atoms with E-state index in [-0.39, 0.29) is 12.3 Å². The van der Waals surface area contributed by atoms with E-state index in [0.29, 0.717) is 19.1 Å². The molecule has 3 N–H and O–H groups in total. The van der Waals surface area contributed by atoms with Crippen LogP contribution in [0.5, 0.6) is 0 Å². The lowest BCUT2D eigenvalue weighted by atomic mass is 10.0. The lowest BCUT2D eigenvalue weighted by Crippen LogP contribution is -2.56. The third-order valence-electron chi connectivity index (χ3n) is 4.72. The van der Waals surface area contributed by atoms with Gasteiger partial charge in [0.25, 0.3) is 0 Å². The van der Waals surface area contributed by atoms with Crippen LogP contribution in [0, 0.1) is 5.92 Å². The quantitative estimate of drug-likeness (QED) is 0.414. The summed E-state index contributed by atoms with van der Waals surface area (Å²) in [7, 11) is 0. The van der Waals surface area contributed by atoms with Crippen LogP contribution in [0.3, 0.4) is 0 Å². The van der Waals surface area contributed by atoms with Crippen molar-refractivity contribution in [1.82, 2.24) is 16.0 Å². The lowest BCUT2D eigenvalue weighted by Gasteiger charge is -2.26. The smallest absolute Gasteiger partial charge is 0.408 e. The fraction of sp³-hybridized carbons (Fsp3) is 0.600. The summed E-state index contributed by atoms with van der Waals surface area (Å²) >= 11 is 0. The molecule has 0 fully saturated rings. The number of nitrogens with one attached hydrogen (secondary N) is 3. The summed E-state index contributed by atoms with van der Waals surface area (Å²) in [6.45, 7) is 11.0. The van der Waals surface area contributed by atoms with Crippen LogP contribution in [-0.2, 0) is 25.5 Å². The topological polar surface area (TPSA) is 114 Å². The van der Waals surface area contributed by atoms with E-state index in [1.54, 1.807) is 20.8 Å². The Morgan fingerprint density at radius 2 is 1.58 bits per heavy atom. The first kappa shape index (κ1) is 28.1. The largest absolute Gasteiger partial charge is 0.444 e. The molecule has 184 valence electrons. The molecule has 0 bridgehead atoms. The number of benzene rings is 1. The maximum atomic E-state index is 13.2. The minimum atomic E-state index is -0.942. The molecule has 0 heterocycles. The lowest BCUT2D eigenvalue weighted by molar-refractivity contribution is -0.131. The molecular weight excluding hydrogens is 422 g/mol. The highest BCUT2D eigenvalue weighted by Crippen LogP contribution is 2.11. The average Bonchev–Trinajstić information content (AvgIpc) is 2.71. The molecule has 0 aliphatic heterocycles. The third-order valence-corrected chi connectivity index (χ3v) is 4.72. The highest BCUT2D eigenvalue weighted by Gasteiger charge is 2.29. The van der Waals surface area contributed by atoms with E-state index < -0.39 is 41.6 Å². The number of carbonyl (C=O) groups is 4. The van der Waals surface area contributed by atoms with Crippen molar-refractivity contribution in [3.05, 3.63) is 35.9 Å². The highest BCUT2D eigenvalue weighted by molar-refractivity contribution is 5.92. The second kappa shape index (κ2) is 13.6. The van der Waals surface area contributed by atoms with Crippen molar-refractivity contribution in [2.75, 3.05) is 0 Å². The van der Waals surface area contributed by atoms with Crippen LogP contribution < -0.4 is 16.0 Å². The first-order valence-corrected chi connectivity index (χ1v) is 11.5. The number of rotatable bonds is 12. The number of ether oxygens (including phenoxy) is 1. The standard InChI is InChI=1S/C25H39N3O5/c1-7-11-19(16-29)26-22(30)20(14-17(2)3)27-23(31)21(15-18-12-9-8-10-13-18)28-24(32)33-25(4,5)6/h8-10,12-13,16-17,19-21H,7,11,14-15H2,1-6H3,(H,26,30)(H,27,31)(H,28,32)/t19-,20-,21-/m0/s1. The molecule has 0 unspecified atom stereocenters. The Morgan fingerprint density at radius 1 is 0.970 bits per heavy atom. The van der Waals surface area contributed by atoms with Crippen molar-refractivity contribution in [1.29, 1.82) is 0 Å². The first-order valence-electron chi connectivity index (χ1n) is 11.5. The van der Waals surface area contributed by atoms with E-state index in [0.717, 1.165) is 12.0 Å². The maximum absolute atomic E-state index is 13.2. The van der Waals surface area contributed by atoms with Crippen LogP contribution in [0.4, 0.5) is 4.79 Å². The monoisotopic (exact) mass is 461 g/mol. The van der Waals surface area contributed by atoms with Crippen molar-refractivity contribution in [2.45, 2.75) is 91.0 Å². The molecule has 0 aromatic heterocycles. The predicted octanol–water partition coefficient (Wildman–Crippen LogP) is 3.14. The summed E-state index contributed by atoms with van der Waals surface area (Å²) in [5.74, 6) is -0.796. The molecule has 0 aliphatic rings. The van der Waals surface area contributed by atoms with E-state index in [1.165, 1.54) is 0 Å². The molecule has 0 spiro atoms. The number of aldehydes is 1. The Balaban J connectivity index is 3.03. The molecule has 33 heavy (non-hydrogen) atoms. The van der Waals surface area contributed by atoms with Gasteiger partial charge in [-0.15, -0.1) is 0 Å². The van der Waals surface area contributed by atoms with Gasteiger partial charge >= 0.3 is 6.09 Å². The van der Waals surface area contributed by atoms with Gasteiger partial charge in [0.05, 0.1) is 6.04 Å². The van der Waals surface area contributed by atoms with E-state index >= 15 is 0 Å². The molecule has 0 saturated heterocycles. The summed E-state index contributed by atoms with van der Waals surface area (Å²) < 4.78 is 5.32. The number of carbonyl (C=O) groups excluding carboxylic acids is 4. The number of hydrogen-bond acceptors (Lipinski definition) is 5. The normalized spacial score (nSPS) is 14.0. The highest BCUT2D eigenvalue weighted by atomic mass is 16.6. The third kappa shape index (κ3) is 11.5. The fourth-order valence-electron chi connectivity index (χ4n) is 3.25. The molecule has 1 aromatic carbocycles. The summed E-state index contributed by atoms with van der Waals surface area (Å²) in [6, 6.07) is 6.89. The SMILES string of the molecule is CCC[C@@H](C=O)NC(=O)[C@H](CC(C)C)NC(=O)[C@H](Cc1ccccc1)NC(=O)OC(C)(C)C. The van der Waals surface area contributed by atoms with Crippen LogP contribution in [0.2, 0.25) is 0 Å². The molecule has 8 heteroatoms. The molecule has 3 amide bonds. The minimum Gasteiger partial charge on any atom is -0.444 e. The second-order valence-electron chi connectivity index (χ2n) is 9.62. The van der Waals surface area contributed by atoms with Gasteiger partial charge in [0.15, 0.2) is 0 Å². The molecule has 0 aliphatic carbocycles. The van der Waals surface area contributed by atoms with E-state index in [2.05, 4.69) is 16.0 Å². The van der Waals surface area contributed by atoms with Gasteiger partial charge in [-0.3, -0.25) is 9.59 Å². The molecule has 0 saturated carbocycles. The van der Waals surface area contributed by atoms with Crippen molar-refractivity contribution in [3.63, 3.8) is 0 Å². The minimum absolute atomic E-state index is 0.119. The Labute approximate surface area is 197 Å². The molecule has 3 atom stereocenters. The van der Waals surface area contributed by atoms with Crippen LogP contribution >= 0.6 is 0 Å². The van der Waals surface area contributed by atoms with Gasteiger partial charge in [0.2, 0.25) is 11.8 Å². The zero-order valence-electron chi connectivity index (χ0n) is 20.6. The van der Waals surface area contributed by atoms with Crippen LogP contribution in [0.1, 0.15) is 66.4 Å². The van der Waals surface area contributed by atoms with Gasteiger partial charge in [-0.25, -0.2) is 4.79 Å². The Kier molecular flexibility index (Phi) is 11.6. The van der Waals surface area contributed by atoms with Gasteiger partial charge in [-0.2, -0.15) is 0 Å². The summed E-state index contributed by atoms with van der Waals surface area (Å²) in [5.41, 5.74) is 0.128. The number of alkyl carbamates (subject to hydrolysis) is 1. The van der Waals surface area contributed by atoms with Crippen LogP contribution in [-0.4, -0.2) is 47.9 Å². The Morgan fingerprint density at radius 3 is 2.09 bits per heavy atom. The molecular formula is C25H39N3O5. The number of hydrogen-bond donors (Lipinski definition) is 3. The van der Waals surface area contributed by atoms with Crippen molar-refractivity contribution in [2.24, 2.45) is 5.92 Å². The maximum Gasteiger partial charge on any atom is 0.408 e. The second-order valence-corrected chi connectivity index (χ2v) is 9.62. The van der Waals surface area contributed by atoms with Gasteiger partial charge in [-0.05, 0) is 45.1 Å². The average molecular weight is 462 g/mol. The Hall–Kier alpha value is -2.90. The van der Waals surface area contributed by atoms with E-state index in [1.807, 2.05) is 51.1 Å². The van der Waals surface area contributed by atoms with Gasteiger partial charge in [0, 0.05) is 6.42 Å². The van der Waals surface area contributed by atoms with E-state index in [9.17, 15) is 19.2 Å². The fourth-order valence-corrected chi connectivity index (χ4v) is 3.25. The first-order chi connectivity index (χ1) is 15.4.